The van der Waals surface area contributed by atoms with E-state index in [1.165, 1.54) is 18.3 Å². The Balaban J connectivity index is 2.14. The van der Waals surface area contributed by atoms with Crippen molar-refractivity contribution in [3.63, 3.8) is 0 Å². The van der Waals surface area contributed by atoms with Crippen LogP contribution in [0.4, 0.5) is 4.39 Å². The van der Waals surface area contributed by atoms with E-state index >= 15 is 0 Å². The van der Waals surface area contributed by atoms with Gasteiger partial charge in [-0.15, -0.1) is 0 Å². The quantitative estimate of drug-likeness (QED) is 0.592. The van der Waals surface area contributed by atoms with Gasteiger partial charge in [-0.1, -0.05) is 18.2 Å². The summed E-state index contributed by atoms with van der Waals surface area (Å²) in [6.45, 7) is 0. The van der Waals surface area contributed by atoms with Crippen molar-refractivity contribution in [2.75, 3.05) is 0 Å². The number of hydrogen-bond donors (Lipinski definition) is 1. The van der Waals surface area contributed by atoms with Crippen molar-refractivity contribution in [2.24, 2.45) is 0 Å². The van der Waals surface area contributed by atoms with Gasteiger partial charge in [0.1, 0.15) is 17.6 Å². The normalized spacial score (nSPS) is 10.7. The van der Waals surface area contributed by atoms with Gasteiger partial charge < -0.3 is 9.67 Å². The first-order valence-corrected chi connectivity index (χ1v) is 7.64. The number of nitrogens with zero attached hydrogens (tertiary/aromatic N) is 3. The van der Waals surface area contributed by atoms with E-state index in [0.29, 0.717) is 10.9 Å². The lowest BCUT2D eigenvalue weighted by Crippen LogP contribution is -1.99. The van der Waals surface area contributed by atoms with Crippen LogP contribution in [-0.4, -0.2) is 14.7 Å². The zero-order chi connectivity index (χ0) is 17.4. The van der Waals surface area contributed by atoms with Crippen molar-refractivity contribution in [1.82, 2.24) is 9.55 Å². The molecule has 0 bridgehead atoms. The molecule has 0 atom stereocenters. The molecule has 0 spiro atoms. The fourth-order valence-corrected chi connectivity index (χ4v) is 2.96. The molecule has 4 rings (SSSR count). The minimum absolute atomic E-state index is 0.00737. The number of benzene rings is 2. The summed E-state index contributed by atoms with van der Waals surface area (Å²) >= 11 is 0. The molecule has 0 aliphatic rings. The third-order valence-corrected chi connectivity index (χ3v) is 4.08. The molecular weight excluding hydrogens is 317 g/mol. The second-order valence-electron chi connectivity index (χ2n) is 5.57. The molecule has 25 heavy (non-hydrogen) atoms. The SMILES string of the molecule is N#Cc1ncc(O)c2cc(-c3ccc(F)cc3)n(-c3ccccc3)c12. The molecule has 1 N–H and O–H groups in total. The van der Waals surface area contributed by atoms with E-state index in [0.717, 1.165) is 16.9 Å². The average Bonchev–Trinajstić information content (AvgIpc) is 3.05. The van der Waals surface area contributed by atoms with E-state index < -0.39 is 0 Å². The first-order chi connectivity index (χ1) is 12.2. The monoisotopic (exact) mass is 329 g/mol. The standard InChI is InChI=1S/C20H12FN3O/c21-14-8-6-13(7-9-14)18-10-16-19(25)12-23-17(11-22)20(16)24(18)15-4-2-1-3-5-15/h1-10,12,25H. The van der Waals surface area contributed by atoms with Gasteiger partial charge in [-0.05, 0) is 48.0 Å². The maximum absolute atomic E-state index is 13.3. The van der Waals surface area contributed by atoms with Crippen LogP contribution in [0.2, 0.25) is 0 Å². The lowest BCUT2D eigenvalue weighted by Gasteiger charge is -2.11. The molecule has 120 valence electrons. The number of pyridine rings is 1. The Morgan fingerprint density at radius 2 is 1.76 bits per heavy atom. The van der Waals surface area contributed by atoms with Gasteiger partial charge in [-0.25, -0.2) is 9.37 Å². The van der Waals surface area contributed by atoms with Crippen molar-refractivity contribution in [3.8, 4) is 28.8 Å². The highest BCUT2D eigenvalue weighted by atomic mass is 19.1. The molecule has 0 radical (unpaired) electrons. The minimum Gasteiger partial charge on any atom is -0.506 e. The first kappa shape index (κ1) is 14.9. The van der Waals surface area contributed by atoms with Crippen LogP contribution in [0.5, 0.6) is 5.75 Å². The minimum atomic E-state index is -0.326. The third-order valence-electron chi connectivity index (χ3n) is 4.08. The molecule has 0 aliphatic carbocycles. The van der Waals surface area contributed by atoms with Crippen LogP contribution >= 0.6 is 0 Å². The van der Waals surface area contributed by atoms with Crippen LogP contribution in [-0.2, 0) is 0 Å². The number of rotatable bonds is 2. The molecule has 0 saturated heterocycles. The molecule has 5 heteroatoms. The summed E-state index contributed by atoms with van der Waals surface area (Å²) in [5.74, 6) is -0.333. The van der Waals surface area contributed by atoms with Crippen molar-refractivity contribution < 1.29 is 9.50 Å². The van der Waals surface area contributed by atoms with Crippen LogP contribution in [0.15, 0.2) is 66.9 Å². The lowest BCUT2D eigenvalue weighted by molar-refractivity contribution is 0.479. The van der Waals surface area contributed by atoms with E-state index in [2.05, 4.69) is 11.1 Å². The topological polar surface area (TPSA) is 61.8 Å². The maximum atomic E-state index is 13.3. The van der Waals surface area contributed by atoms with Crippen molar-refractivity contribution in [3.05, 3.63) is 78.4 Å². The van der Waals surface area contributed by atoms with Gasteiger partial charge in [-0.3, -0.25) is 0 Å². The Hall–Kier alpha value is -3.65. The van der Waals surface area contributed by atoms with Crippen molar-refractivity contribution >= 4 is 10.9 Å². The van der Waals surface area contributed by atoms with Gasteiger partial charge >= 0.3 is 0 Å². The summed E-state index contributed by atoms with van der Waals surface area (Å²) in [5, 5.41) is 20.2. The highest BCUT2D eigenvalue weighted by Gasteiger charge is 2.18. The number of aromatic hydroxyl groups is 1. The smallest absolute Gasteiger partial charge is 0.165 e. The predicted octanol–water partition coefficient (Wildman–Crippen LogP) is 4.41. The second kappa shape index (κ2) is 5.77. The van der Waals surface area contributed by atoms with E-state index in [1.807, 2.05) is 34.9 Å². The zero-order valence-electron chi connectivity index (χ0n) is 13.0. The molecule has 2 aromatic heterocycles. The molecular formula is C20H12FN3O. The van der Waals surface area contributed by atoms with E-state index in [9.17, 15) is 14.8 Å². The molecule has 2 aromatic carbocycles. The van der Waals surface area contributed by atoms with E-state index in [1.54, 1.807) is 18.2 Å². The van der Waals surface area contributed by atoms with Crippen LogP contribution in [0.3, 0.4) is 0 Å². The third kappa shape index (κ3) is 2.41. The Kier molecular flexibility index (Phi) is 3.44. The highest BCUT2D eigenvalue weighted by molar-refractivity contribution is 5.95. The largest absolute Gasteiger partial charge is 0.506 e. The lowest BCUT2D eigenvalue weighted by atomic mass is 10.1. The fourth-order valence-electron chi connectivity index (χ4n) is 2.96. The number of fused-ring (bicyclic) bond motifs is 1. The molecule has 0 amide bonds. The van der Waals surface area contributed by atoms with Gasteiger partial charge in [0.05, 0.1) is 17.4 Å². The number of halogens is 1. The van der Waals surface area contributed by atoms with Crippen LogP contribution < -0.4 is 0 Å². The predicted molar refractivity (Wildman–Crippen MR) is 92.8 cm³/mol. The zero-order valence-corrected chi connectivity index (χ0v) is 13.0. The molecule has 2 heterocycles. The number of aromatic nitrogens is 2. The Morgan fingerprint density at radius 1 is 1.04 bits per heavy atom. The van der Waals surface area contributed by atoms with Gasteiger partial charge in [0, 0.05) is 11.1 Å². The van der Waals surface area contributed by atoms with Gasteiger partial charge in [0.25, 0.3) is 0 Å². The van der Waals surface area contributed by atoms with Crippen LogP contribution in [0.1, 0.15) is 5.69 Å². The van der Waals surface area contributed by atoms with Gasteiger partial charge in [0.15, 0.2) is 5.69 Å². The van der Waals surface area contributed by atoms with Gasteiger partial charge in [-0.2, -0.15) is 5.26 Å². The molecule has 4 aromatic rings. The fraction of sp³-hybridized carbons (Fsp3) is 0. The van der Waals surface area contributed by atoms with E-state index in [4.69, 9.17) is 0 Å². The van der Waals surface area contributed by atoms with E-state index in [-0.39, 0.29) is 17.3 Å². The second-order valence-corrected chi connectivity index (χ2v) is 5.57. The molecule has 0 unspecified atom stereocenters. The summed E-state index contributed by atoms with van der Waals surface area (Å²) in [7, 11) is 0. The average molecular weight is 329 g/mol. The van der Waals surface area contributed by atoms with Crippen LogP contribution in [0, 0.1) is 17.1 Å². The molecule has 0 aliphatic heterocycles. The number of hydrogen-bond acceptors (Lipinski definition) is 3. The summed E-state index contributed by atoms with van der Waals surface area (Å²) in [6, 6.07) is 19.4. The summed E-state index contributed by atoms with van der Waals surface area (Å²) in [5.41, 5.74) is 3.06. The number of para-hydroxylation sites is 1. The van der Waals surface area contributed by atoms with Crippen molar-refractivity contribution in [1.29, 1.82) is 5.26 Å². The van der Waals surface area contributed by atoms with Crippen molar-refractivity contribution in [2.45, 2.75) is 0 Å². The molecule has 4 nitrogen and oxygen atoms in total. The Bertz CT molecular complexity index is 1110. The van der Waals surface area contributed by atoms with Crippen LogP contribution in [0.25, 0.3) is 27.8 Å². The summed E-state index contributed by atoms with van der Waals surface area (Å²) in [6.07, 6.45) is 1.27. The maximum Gasteiger partial charge on any atom is 0.165 e. The summed E-state index contributed by atoms with van der Waals surface area (Å²) in [4.78, 5) is 4.04. The van der Waals surface area contributed by atoms with Gasteiger partial charge in [0.2, 0.25) is 0 Å². The Morgan fingerprint density at radius 3 is 2.44 bits per heavy atom. The molecule has 0 fully saturated rings. The highest BCUT2D eigenvalue weighted by Crippen LogP contribution is 2.36. The summed E-state index contributed by atoms with van der Waals surface area (Å²) < 4.78 is 15.2. The molecule has 0 saturated carbocycles. The number of nitriles is 1. The first-order valence-electron chi connectivity index (χ1n) is 7.64. The Labute approximate surface area is 143 Å².